The van der Waals surface area contributed by atoms with Gasteiger partial charge in [0.05, 0.1) is 0 Å². The Bertz CT molecular complexity index is 2560. The van der Waals surface area contributed by atoms with Crippen molar-refractivity contribution in [2.75, 3.05) is 4.90 Å². The molecule has 0 fully saturated rings. The highest BCUT2D eigenvalue weighted by atomic mass is 15.1. The maximum atomic E-state index is 2.37. The van der Waals surface area contributed by atoms with Crippen molar-refractivity contribution in [2.45, 2.75) is 0 Å². The van der Waals surface area contributed by atoms with Crippen molar-refractivity contribution in [3.05, 3.63) is 188 Å². The summed E-state index contributed by atoms with van der Waals surface area (Å²) in [5.74, 6) is 0. The number of rotatable bonds is 5. The molecule has 220 valence electrons. The van der Waals surface area contributed by atoms with Gasteiger partial charge < -0.3 is 4.90 Å². The Morgan fingerprint density at radius 2 is 0.745 bits per heavy atom. The quantitative estimate of drug-likeness (QED) is 0.178. The lowest BCUT2D eigenvalue weighted by Gasteiger charge is -2.26. The Labute approximate surface area is 274 Å². The number of anilines is 3. The molecule has 0 amide bonds. The highest BCUT2D eigenvalue weighted by Gasteiger charge is 2.15. The van der Waals surface area contributed by atoms with E-state index in [1.807, 2.05) is 0 Å². The third kappa shape index (κ3) is 4.90. The molecule has 0 spiro atoms. The van der Waals surface area contributed by atoms with E-state index in [0.717, 1.165) is 17.1 Å². The molecule has 0 heterocycles. The van der Waals surface area contributed by atoms with Gasteiger partial charge in [-0.3, -0.25) is 0 Å². The molecular weight excluding hydrogens is 567 g/mol. The average molecular weight is 598 g/mol. The van der Waals surface area contributed by atoms with E-state index in [1.165, 1.54) is 65.3 Å². The Kier molecular flexibility index (Phi) is 6.54. The molecule has 0 N–H and O–H groups in total. The van der Waals surface area contributed by atoms with Gasteiger partial charge in [0.25, 0.3) is 0 Å². The number of benzene rings is 9. The van der Waals surface area contributed by atoms with Gasteiger partial charge in [0.1, 0.15) is 0 Å². The molecule has 47 heavy (non-hydrogen) atoms. The van der Waals surface area contributed by atoms with Crippen LogP contribution in [0.1, 0.15) is 0 Å². The van der Waals surface area contributed by atoms with E-state index in [1.54, 1.807) is 0 Å². The van der Waals surface area contributed by atoms with E-state index >= 15 is 0 Å². The van der Waals surface area contributed by atoms with Crippen molar-refractivity contribution in [3.63, 3.8) is 0 Å². The second-order valence-electron chi connectivity index (χ2n) is 12.2. The summed E-state index contributed by atoms with van der Waals surface area (Å²) in [5, 5.41) is 10.1. The SMILES string of the molecule is c1ccc2cc(-c3ccc(N(c4ccc(-c5cccc6ccccc56)cc4)c4ccc5ccc6ccccc6c5c4)cc3)ccc2c1. The highest BCUT2D eigenvalue weighted by Crippen LogP contribution is 2.40. The van der Waals surface area contributed by atoms with Crippen LogP contribution in [0.2, 0.25) is 0 Å². The first-order chi connectivity index (χ1) is 23.3. The molecular formula is C46H31N. The van der Waals surface area contributed by atoms with Gasteiger partial charge in [0, 0.05) is 17.1 Å². The zero-order chi connectivity index (χ0) is 31.2. The summed E-state index contributed by atoms with van der Waals surface area (Å²) in [6.07, 6.45) is 0. The smallest absolute Gasteiger partial charge is 0.0468 e. The van der Waals surface area contributed by atoms with E-state index in [9.17, 15) is 0 Å². The normalized spacial score (nSPS) is 11.4. The van der Waals surface area contributed by atoms with E-state index in [4.69, 9.17) is 0 Å². The van der Waals surface area contributed by atoms with Crippen LogP contribution in [0, 0.1) is 0 Å². The van der Waals surface area contributed by atoms with Crippen LogP contribution in [0.25, 0.3) is 65.3 Å². The third-order valence-corrected chi connectivity index (χ3v) is 9.42. The summed E-state index contributed by atoms with van der Waals surface area (Å²) in [4.78, 5) is 2.37. The van der Waals surface area contributed by atoms with Crippen molar-refractivity contribution >= 4 is 60.2 Å². The minimum Gasteiger partial charge on any atom is -0.310 e. The second kappa shape index (κ2) is 11.3. The van der Waals surface area contributed by atoms with Gasteiger partial charge in [-0.25, -0.2) is 0 Å². The van der Waals surface area contributed by atoms with Gasteiger partial charge in [-0.05, 0) is 108 Å². The summed E-state index contributed by atoms with van der Waals surface area (Å²) in [6, 6.07) is 68.3. The van der Waals surface area contributed by atoms with Crippen LogP contribution in [-0.4, -0.2) is 0 Å². The average Bonchev–Trinajstić information content (AvgIpc) is 3.15. The maximum absolute atomic E-state index is 2.37. The van der Waals surface area contributed by atoms with Crippen molar-refractivity contribution in [2.24, 2.45) is 0 Å². The Morgan fingerprint density at radius 3 is 1.49 bits per heavy atom. The predicted octanol–water partition coefficient (Wildman–Crippen LogP) is 13.1. The molecule has 0 radical (unpaired) electrons. The van der Waals surface area contributed by atoms with Gasteiger partial charge in [0.15, 0.2) is 0 Å². The lowest BCUT2D eigenvalue weighted by molar-refractivity contribution is 1.29. The topological polar surface area (TPSA) is 3.24 Å². The third-order valence-electron chi connectivity index (χ3n) is 9.42. The minimum absolute atomic E-state index is 1.12. The summed E-state index contributed by atoms with van der Waals surface area (Å²) in [6.45, 7) is 0. The molecule has 0 unspecified atom stereocenters. The Balaban J connectivity index is 1.17. The first-order valence-electron chi connectivity index (χ1n) is 16.2. The zero-order valence-corrected chi connectivity index (χ0v) is 25.8. The monoisotopic (exact) mass is 597 g/mol. The van der Waals surface area contributed by atoms with Crippen molar-refractivity contribution < 1.29 is 0 Å². The first-order valence-corrected chi connectivity index (χ1v) is 16.2. The number of fused-ring (bicyclic) bond motifs is 5. The summed E-state index contributed by atoms with van der Waals surface area (Å²) in [5.41, 5.74) is 8.25. The van der Waals surface area contributed by atoms with Crippen LogP contribution in [0.3, 0.4) is 0 Å². The van der Waals surface area contributed by atoms with E-state index < -0.39 is 0 Å². The number of hydrogen-bond acceptors (Lipinski definition) is 1. The first kappa shape index (κ1) is 27.2. The maximum Gasteiger partial charge on any atom is 0.0468 e. The molecule has 9 aromatic rings. The van der Waals surface area contributed by atoms with Crippen LogP contribution in [0.15, 0.2) is 188 Å². The molecule has 9 aromatic carbocycles. The summed E-state index contributed by atoms with van der Waals surface area (Å²) < 4.78 is 0. The van der Waals surface area contributed by atoms with Crippen molar-refractivity contribution in [1.29, 1.82) is 0 Å². The van der Waals surface area contributed by atoms with Crippen LogP contribution in [0.5, 0.6) is 0 Å². The molecule has 1 nitrogen and oxygen atoms in total. The van der Waals surface area contributed by atoms with Crippen LogP contribution in [-0.2, 0) is 0 Å². The lowest BCUT2D eigenvalue weighted by Crippen LogP contribution is -2.09. The summed E-state index contributed by atoms with van der Waals surface area (Å²) >= 11 is 0. The minimum atomic E-state index is 1.12. The van der Waals surface area contributed by atoms with Crippen LogP contribution < -0.4 is 4.90 Å². The number of hydrogen-bond donors (Lipinski definition) is 0. The zero-order valence-electron chi connectivity index (χ0n) is 25.8. The van der Waals surface area contributed by atoms with Crippen molar-refractivity contribution in [3.8, 4) is 22.3 Å². The summed E-state index contributed by atoms with van der Waals surface area (Å²) in [7, 11) is 0. The van der Waals surface area contributed by atoms with Gasteiger partial charge in [-0.1, -0.05) is 146 Å². The Hall–Kier alpha value is -6.18. The largest absolute Gasteiger partial charge is 0.310 e. The lowest BCUT2D eigenvalue weighted by atomic mass is 9.97. The van der Waals surface area contributed by atoms with Gasteiger partial charge in [0.2, 0.25) is 0 Å². The molecule has 9 rings (SSSR count). The van der Waals surface area contributed by atoms with E-state index in [-0.39, 0.29) is 0 Å². The van der Waals surface area contributed by atoms with Gasteiger partial charge in [-0.15, -0.1) is 0 Å². The highest BCUT2D eigenvalue weighted by molar-refractivity contribution is 6.09. The number of nitrogens with zero attached hydrogens (tertiary/aromatic N) is 1. The van der Waals surface area contributed by atoms with Gasteiger partial charge in [-0.2, -0.15) is 0 Å². The fraction of sp³-hybridized carbons (Fsp3) is 0. The van der Waals surface area contributed by atoms with E-state index in [0.29, 0.717) is 0 Å². The van der Waals surface area contributed by atoms with Crippen molar-refractivity contribution in [1.82, 2.24) is 0 Å². The molecule has 0 saturated carbocycles. The standard InChI is InChI=1S/C46H31N/c1-2-11-38-30-39(19-16-32(38)8-1)33-20-25-40(26-21-33)47(42-29-24-37-18-17-35-10-4-6-14-45(35)46(37)31-42)41-27-22-36(23-28-41)44-15-7-12-34-9-3-5-13-43(34)44/h1-31H. The molecule has 0 saturated heterocycles. The fourth-order valence-electron chi connectivity index (χ4n) is 7.02. The van der Waals surface area contributed by atoms with Crippen LogP contribution in [0.4, 0.5) is 17.1 Å². The molecule has 0 aliphatic rings. The molecule has 0 aromatic heterocycles. The molecule has 0 aliphatic heterocycles. The molecule has 0 bridgehead atoms. The molecule has 0 atom stereocenters. The second-order valence-corrected chi connectivity index (χ2v) is 12.2. The van der Waals surface area contributed by atoms with Crippen LogP contribution >= 0.6 is 0 Å². The molecule has 1 heteroatoms. The predicted molar refractivity (Wildman–Crippen MR) is 202 cm³/mol. The molecule has 0 aliphatic carbocycles. The fourth-order valence-corrected chi connectivity index (χ4v) is 7.02. The Morgan fingerprint density at radius 1 is 0.255 bits per heavy atom. The van der Waals surface area contributed by atoms with Gasteiger partial charge >= 0.3 is 0 Å². The van der Waals surface area contributed by atoms with E-state index in [2.05, 4.69) is 193 Å².